The van der Waals surface area contributed by atoms with Gasteiger partial charge in [-0.3, -0.25) is 14.5 Å². The quantitative estimate of drug-likeness (QED) is 0.184. The molecule has 4 heterocycles. The van der Waals surface area contributed by atoms with Gasteiger partial charge in [-0.25, -0.2) is 9.78 Å². The standard InChI is InChI=1S/C18H20N8O5S3/c1-7-22-23-18(25(7)2)34-5-8-4-32-15-11(14(28)26(15)12(8)16(29)30)21-13(27)10(24-31-3)9-6-33-17(19)20-9/h6,11,15H,4-5H2,1-3H3,(H2,19,20)(H,21,27)(H,29,30)/b24-10-/t11-,15-/m1/s1. The van der Waals surface area contributed by atoms with Crippen LogP contribution >= 0.6 is 34.9 Å². The number of carbonyl (C=O) groups excluding carboxylic acids is 2. The summed E-state index contributed by atoms with van der Waals surface area (Å²) in [5.41, 5.74) is 6.24. The second-order valence-corrected chi connectivity index (χ2v) is 10.1. The van der Waals surface area contributed by atoms with Crippen molar-refractivity contribution < 1.29 is 24.3 Å². The molecule has 2 aromatic heterocycles. The number of carbonyl (C=O) groups is 3. The van der Waals surface area contributed by atoms with Gasteiger partial charge in [0, 0.05) is 23.9 Å². The third kappa shape index (κ3) is 4.35. The minimum absolute atomic E-state index is 0.0660. The molecule has 1 fully saturated rings. The van der Waals surface area contributed by atoms with E-state index < -0.39 is 29.2 Å². The minimum atomic E-state index is -1.20. The zero-order valence-corrected chi connectivity index (χ0v) is 20.7. The summed E-state index contributed by atoms with van der Waals surface area (Å²) in [6.45, 7) is 1.82. The summed E-state index contributed by atoms with van der Waals surface area (Å²) in [4.78, 5) is 47.8. The van der Waals surface area contributed by atoms with Crippen molar-refractivity contribution in [3.05, 3.63) is 28.2 Å². The lowest BCUT2D eigenvalue weighted by molar-refractivity contribution is -0.150. The number of nitrogens with zero attached hydrogens (tertiary/aromatic N) is 6. The number of β-lactam (4-membered cyclic amide) rings is 1. The van der Waals surface area contributed by atoms with E-state index in [1.807, 2.05) is 14.0 Å². The van der Waals surface area contributed by atoms with Crippen molar-refractivity contribution in [2.45, 2.75) is 23.5 Å². The molecular weight excluding hydrogens is 504 g/mol. The average molecular weight is 525 g/mol. The molecule has 2 amide bonds. The van der Waals surface area contributed by atoms with Crippen molar-refractivity contribution >= 4 is 63.5 Å². The molecule has 0 saturated carbocycles. The van der Waals surface area contributed by atoms with Crippen molar-refractivity contribution in [2.24, 2.45) is 12.2 Å². The lowest BCUT2D eigenvalue weighted by Gasteiger charge is -2.49. The number of thioether (sulfide) groups is 2. The topological polar surface area (TPSA) is 178 Å². The monoisotopic (exact) mass is 524 g/mol. The molecular formula is C18H20N8O5S3. The van der Waals surface area contributed by atoms with E-state index in [4.69, 9.17) is 10.6 Å². The average Bonchev–Trinajstić information content (AvgIpc) is 3.38. The maximum Gasteiger partial charge on any atom is 0.352 e. The van der Waals surface area contributed by atoms with Crippen LogP contribution < -0.4 is 11.1 Å². The van der Waals surface area contributed by atoms with Crippen LogP contribution in [-0.2, 0) is 26.3 Å². The predicted octanol–water partition coefficient (Wildman–Crippen LogP) is 0.0436. The highest BCUT2D eigenvalue weighted by atomic mass is 32.2. The normalized spacial score (nSPS) is 20.1. The van der Waals surface area contributed by atoms with Crippen LogP contribution in [0.4, 0.5) is 5.13 Å². The van der Waals surface area contributed by atoms with Crippen LogP contribution in [0, 0.1) is 6.92 Å². The number of thiazole rings is 1. The van der Waals surface area contributed by atoms with Crippen LogP contribution in [0.1, 0.15) is 11.5 Å². The molecule has 0 radical (unpaired) electrons. The van der Waals surface area contributed by atoms with E-state index in [-0.39, 0.29) is 22.2 Å². The number of hydrogen-bond acceptors (Lipinski definition) is 12. The van der Waals surface area contributed by atoms with E-state index in [2.05, 4.69) is 25.7 Å². The minimum Gasteiger partial charge on any atom is -0.477 e. The highest BCUT2D eigenvalue weighted by molar-refractivity contribution is 8.01. The highest BCUT2D eigenvalue weighted by Gasteiger charge is 2.54. The first-order chi connectivity index (χ1) is 16.2. The van der Waals surface area contributed by atoms with Crippen molar-refractivity contribution in [3.63, 3.8) is 0 Å². The number of oxime groups is 1. The Bertz CT molecular complexity index is 1220. The number of aromatic nitrogens is 4. The Morgan fingerprint density at radius 1 is 1.44 bits per heavy atom. The molecule has 16 heteroatoms. The fourth-order valence-electron chi connectivity index (χ4n) is 3.36. The maximum atomic E-state index is 12.9. The van der Waals surface area contributed by atoms with Gasteiger partial charge in [-0.1, -0.05) is 16.9 Å². The SMILES string of the molecule is CO/N=C(\C(=O)N[C@@H]1C(=O)N2C(C(=O)O)=C(CSc3nnc(C)n3C)CS[C@H]12)c1csc(N)n1. The van der Waals surface area contributed by atoms with E-state index in [1.54, 1.807) is 9.95 Å². The summed E-state index contributed by atoms with van der Waals surface area (Å²) in [5.74, 6) is -0.938. The maximum absolute atomic E-state index is 12.9. The Labute approximate surface area is 205 Å². The van der Waals surface area contributed by atoms with Crippen molar-refractivity contribution in [1.29, 1.82) is 0 Å². The molecule has 0 spiro atoms. The van der Waals surface area contributed by atoms with Crippen molar-refractivity contribution in [3.8, 4) is 0 Å². The smallest absolute Gasteiger partial charge is 0.352 e. The van der Waals surface area contributed by atoms with Gasteiger partial charge in [0.2, 0.25) is 0 Å². The van der Waals surface area contributed by atoms with Crippen molar-refractivity contribution in [2.75, 3.05) is 24.3 Å². The zero-order valence-electron chi connectivity index (χ0n) is 18.2. The number of carboxylic acids is 1. The van der Waals surface area contributed by atoms with E-state index in [1.165, 1.54) is 35.5 Å². The first-order valence-electron chi connectivity index (χ1n) is 9.75. The van der Waals surface area contributed by atoms with Gasteiger partial charge < -0.3 is 25.6 Å². The fraction of sp³-hybridized carbons (Fsp3) is 0.389. The molecule has 0 aromatic carbocycles. The van der Waals surface area contributed by atoms with E-state index in [0.29, 0.717) is 22.2 Å². The molecule has 34 heavy (non-hydrogen) atoms. The molecule has 2 atom stereocenters. The molecule has 4 N–H and O–H groups in total. The van der Waals surface area contributed by atoms with Crippen LogP contribution in [0.3, 0.4) is 0 Å². The first kappa shape index (κ1) is 24.0. The summed E-state index contributed by atoms with van der Waals surface area (Å²) in [7, 11) is 3.10. The Kier molecular flexibility index (Phi) is 6.81. The molecule has 2 aliphatic heterocycles. The van der Waals surface area contributed by atoms with Gasteiger partial charge in [0.15, 0.2) is 16.0 Å². The van der Waals surface area contributed by atoms with Gasteiger partial charge in [0.1, 0.15) is 35.7 Å². The summed E-state index contributed by atoms with van der Waals surface area (Å²) in [5, 5.41) is 26.1. The number of carboxylic acid groups (broad SMARTS) is 1. The largest absolute Gasteiger partial charge is 0.477 e. The fourth-order valence-corrected chi connectivity index (χ4v) is 6.35. The summed E-state index contributed by atoms with van der Waals surface area (Å²) < 4.78 is 1.81. The second kappa shape index (κ2) is 9.63. The van der Waals surface area contributed by atoms with E-state index in [0.717, 1.165) is 17.2 Å². The molecule has 0 unspecified atom stereocenters. The number of aryl methyl sites for hydroxylation is 1. The Morgan fingerprint density at radius 3 is 2.79 bits per heavy atom. The summed E-state index contributed by atoms with van der Waals surface area (Å²) >= 11 is 3.85. The van der Waals surface area contributed by atoms with Gasteiger partial charge in [0.05, 0.1) is 0 Å². The van der Waals surface area contributed by atoms with Crippen LogP contribution in [-0.4, -0.2) is 83.3 Å². The first-order valence-corrected chi connectivity index (χ1v) is 12.7. The summed E-state index contributed by atoms with van der Waals surface area (Å²) in [6.07, 6.45) is 0. The number of fused-ring (bicyclic) bond motifs is 1. The van der Waals surface area contributed by atoms with Gasteiger partial charge in [-0.15, -0.1) is 33.3 Å². The third-order valence-corrected chi connectivity index (χ3v) is 8.25. The Balaban J connectivity index is 1.49. The lowest BCUT2D eigenvalue weighted by Crippen LogP contribution is -2.71. The Hall–Kier alpha value is -3.11. The number of amides is 2. The van der Waals surface area contributed by atoms with Crippen LogP contribution in [0.2, 0.25) is 0 Å². The van der Waals surface area contributed by atoms with Gasteiger partial charge in [-0.2, -0.15) is 0 Å². The highest BCUT2D eigenvalue weighted by Crippen LogP contribution is 2.41. The summed E-state index contributed by atoms with van der Waals surface area (Å²) in [6, 6.07) is -0.916. The molecule has 13 nitrogen and oxygen atoms in total. The number of nitrogens with two attached hydrogens (primary N) is 1. The number of rotatable bonds is 8. The zero-order chi connectivity index (χ0) is 24.6. The number of nitrogens with one attached hydrogen (secondary N) is 1. The molecule has 2 aromatic rings. The van der Waals surface area contributed by atoms with Crippen molar-refractivity contribution in [1.82, 2.24) is 30.0 Å². The number of aliphatic carboxylic acids is 1. The van der Waals surface area contributed by atoms with Gasteiger partial charge in [0.25, 0.3) is 11.8 Å². The number of hydrogen-bond donors (Lipinski definition) is 3. The molecule has 1 saturated heterocycles. The lowest BCUT2D eigenvalue weighted by atomic mass is 10.0. The molecule has 0 aliphatic carbocycles. The molecule has 180 valence electrons. The Morgan fingerprint density at radius 2 is 2.21 bits per heavy atom. The third-order valence-electron chi connectivity index (χ3n) is 5.13. The van der Waals surface area contributed by atoms with Crippen LogP contribution in [0.25, 0.3) is 0 Å². The number of anilines is 1. The van der Waals surface area contributed by atoms with Crippen LogP contribution in [0.5, 0.6) is 0 Å². The van der Waals surface area contributed by atoms with E-state index >= 15 is 0 Å². The van der Waals surface area contributed by atoms with E-state index in [9.17, 15) is 19.5 Å². The molecule has 2 aliphatic rings. The second-order valence-electron chi connectivity index (χ2n) is 7.19. The number of nitrogen functional groups attached to an aromatic ring is 1. The molecule has 0 bridgehead atoms. The predicted molar refractivity (Wildman–Crippen MR) is 126 cm³/mol. The van der Waals surface area contributed by atoms with Gasteiger partial charge >= 0.3 is 5.97 Å². The van der Waals surface area contributed by atoms with Crippen LogP contribution in [0.15, 0.2) is 27.0 Å². The van der Waals surface area contributed by atoms with Gasteiger partial charge in [-0.05, 0) is 12.5 Å². The molecule has 4 rings (SSSR count).